The molecule has 0 aromatic heterocycles. The second-order valence-corrected chi connectivity index (χ2v) is 7.02. The van der Waals surface area contributed by atoms with E-state index in [4.69, 9.17) is 22.8 Å². The van der Waals surface area contributed by atoms with Crippen molar-refractivity contribution in [1.82, 2.24) is 5.09 Å². The van der Waals surface area contributed by atoms with E-state index in [0.29, 0.717) is 6.04 Å². The first kappa shape index (κ1) is 10.6. The number of nitrogens with two attached hydrogens (primary N) is 2. The van der Waals surface area contributed by atoms with Crippen molar-refractivity contribution >= 4 is 18.3 Å². The second kappa shape index (κ2) is 4.68. The molecular weight excluding hydrogens is 189 g/mol. The molecule has 12 heavy (non-hydrogen) atoms. The monoisotopic (exact) mass is 207 g/mol. The van der Waals surface area contributed by atoms with Crippen LogP contribution in [-0.4, -0.2) is 6.04 Å². The van der Waals surface area contributed by atoms with Gasteiger partial charge in [0, 0.05) is 6.04 Å². The van der Waals surface area contributed by atoms with Gasteiger partial charge in [-0.3, -0.25) is 16.1 Å². The molecular formula is C7H18N3PS. The Morgan fingerprint density at radius 1 is 1.08 bits per heavy atom. The molecule has 1 fully saturated rings. The Hall–Kier alpha value is 0.530. The molecule has 5 heteroatoms. The van der Waals surface area contributed by atoms with E-state index in [1.54, 1.807) is 0 Å². The average molecular weight is 207 g/mol. The lowest BCUT2D eigenvalue weighted by molar-refractivity contribution is 0.545. The van der Waals surface area contributed by atoms with Crippen LogP contribution in [0.5, 0.6) is 0 Å². The summed E-state index contributed by atoms with van der Waals surface area (Å²) in [6.07, 6.45) is 7.63. The van der Waals surface area contributed by atoms with Crippen LogP contribution in [0.15, 0.2) is 0 Å². The lowest BCUT2D eigenvalue weighted by Gasteiger charge is -2.21. The van der Waals surface area contributed by atoms with Crippen molar-refractivity contribution in [2.75, 3.05) is 0 Å². The van der Waals surface area contributed by atoms with Crippen LogP contribution in [0.3, 0.4) is 0 Å². The van der Waals surface area contributed by atoms with Crippen LogP contribution < -0.4 is 16.1 Å². The van der Waals surface area contributed by atoms with Gasteiger partial charge in [-0.2, -0.15) is 0 Å². The maximum absolute atomic E-state index is 5.61. The SMILES string of the molecule is NP(N)(=S)NC1CCCCCC1. The van der Waals surface area contributed by atoms with Crippen LogP contribution in [0.4, 0.5) is 0 Å². The molecule has 1 aliphatic rings. The molecule has 0 saturated heterocycles. The van der Waals surface area contributed by atoms with Crippen molar-refractivity contribution in [1.29, 1.82) is 0 Å². The summed E-state index contributed by atoms with van der Waals surface area (Å²) in [6, 6.07) is 0.480. The second-order valence-electron chi connectivity index (χ2n) is 3.53. The topological polar surface area (TPSA) is 64.1 Å². The van der Waals surface area contributed by atoms with E-state index in [1.165, 1.54) is 38.5 Å². The average Bonchev–Trinajstić information content (AvgIpc) is 2.12. The maximum atomic E-state index is 5.61. The number of rotatable bonds is 2. The third-order valence-electron chi connectivity index (χ3n) is 2.24. The van der Waals surface area contributed by atoms with Crippen molar-refractivity contribution in [3.8, 4) is 0 Å². The van der Waals surface area contributed by atoms with Crippen LogP contribution >= 0.6 is 6.49 Å². The van der Waals surface area contributed by atoms with Crippen molar-refractivity contribution in [2.45, 2.75) is 44.6 Å². The Kier molecular flexibility index (Phi) is 4.14. The molecule has 0 amide bonds. The zero-order chi connectivity index (χ0) is 9.03. The summed E-state index contributed by atoms with van der Waals surface area (Å²) < 4.78 is 0. The number of nitrogens with one attached hydrogen (secondary N) is 1. The summed E-state index contributed by atoms with van der Waals surface area (Å²) in [5.74, 6) is 0. The van der Waals surface area contributed by atoms with E-state index in [0.717, 1.165) is 0 Å². The van der Waals surface area contributed by atoms with Gasteiger partial charge in [-0.25, -0.2) is 0 Å². The molecule has 0 aromatic carbocycles. The molecule has 0 aliphatic heterocycles. The smallest absolute Gasteiger partial charge is 0.132 e. The lowest BCUT2D eigenvalue weighted by atomic mass is 10.1. The highest BCUT2D eigenvalue weighted by Crippen LogP contribution is 2.25. The summed E-state index contributed by atoms with van der Waals surface area (Å²) in [4.78, 5) is 0. The summed E-state index contributed by atoms with van der Waals surface area (Å²) in [5, 5.41) is 3.18. The lowest BCUT2D eigenvalue weighted by Crippen LogP contribution is -2.31. The summed E-state index contributed by atoms with van der Waals surface area (Å²) in [6.45, 7) is -2.17. The van der Waals surface area contributed by atoms with Crippen LogP contribution in [0.2, 0.25) is 0 Å². The highest BCUT2D eigenvalue weighted by Gasteiger charge is 2.15. The van der Waals surface area contributed by atoms with Gasteiger partial charge >= 0.3 is 0 Å². The predicted molar refractivity (Wildman–Crippen MR) is 57.3 cm³/mol. The largest absolute Gasteiger partial charge is 0.280 e. The molecule has 72 valence electrons. The van der Waals surface area contributed by atoms with Crippen LogP contribution in [0, 0.1) is 0 Å². The minimum absolute atomic E-state index is 0.480. The minimum atomic E-state index is -2.17. The van der Waals surface area contributed by atoms with Crippen LogP contribution in [0.1, 0.15) is 38.5 Å². The Morgan fingerprint density at radius 2 is 1.58 bits per heavy atom. The van der Waals surface area contributed by atoms with E-state index in [1.807, 2.05) is 0 Å². The Morgan fingerprint density at radius 3 is 2.00 bits per heavy atom. The van der Waals surface area contributed by atoms with Crippen LogP contribution in [-0.2, 0) is 11.8 Å². The molecule has 0 atom stereocenters. The number of hydrogen-bond donors (Lipinski definition) is 3. The van der Waals surface area contributed by atoms with Gasteiger partial charge in [-0.1, -0.05) is 25.7 Å². The van der Waals surface area contributed by atoms with Gasteiger partial charge in [0.2, 0.25) is 0 Å². The van der Waals surface area contributed by atoms with Gasteiger partial charge in [-0.05, 0) is 24.6 Å². The van der Waals surface area contributed by atoms with E-state index >= 15 is 0 Å². The predicted octanol–water partition coefficient (Wildman–Crippen LogP) is 1.44. The van der Waals surface area contributed by atoms with Gasteiger partial charge in [0.25, 0.3) is 0 Å². The molecule has 0 bridgehead atoms. The fourth-order valence-corrected chi connectivity index (χ4v) is 2.97. The third kappa shape index (κ3) is 4.53. The van der Waals surface area contributed by atoms with Crippen molar-refractivity contribution < 1.29 is 0 Å². The molecule has 0 heterocycles. The Balaban J connectivity index is 2.35. The first-order valence-electron chi connectivity index (χ1n) is 4.53. The van der Waals surface area contributed by atoms with E-state index < -0.39 is 6.49 Å². The van der Waals surface area contributed by atoms with E-state index in [-0.39, 0.29) is 0 Å². The Labute approximate surface area is 79.4 Å². The summed E-state index contributed by atoms with van der Waals surface area (Å²) in [5.41, 5.74) is 11.2. The fraction of sp³-hybridized carbons (Fsp3) is 1.00. The zero-order valence-corrected chi connectivity index (χ0v) is 9.04. The maximum Gasteiger partial charge on any atom is 0.132 e. The normalized spacial score (nSPS) is 22.2. The Bertz CT molecular complexity index is 171. The van der Waals surface area contributed by atoms with Gasteiger partial charge in [-0.15, -0.1) is 0 Å². The van der Waals surface area contributed by atoms with Gasteiger partial charge in [0.05, 0.1) is 0 Å². The van der Waals surface area contributed by atoms with Crippen molar-refractivity contribution in [2.24, 2.45) is 11.0 Å². The number of hydrogen-bond acceptors (Lipinski definition) is 1. The molecule has 1 aliphatic carbocycles. The molecule has 5 N–H and O–H groups in total. The van der Waals surface area contributed by atoms with Crippen LogP contribution in [0.25, 0.3) is 0 Å². The molecule has 0 spiro atoms. The molecule has 1 rings (SSSR count). The summed E-state index contributed by atoms with van der Waals surface area (Å²) >= 11 is 4.97. The quantitative estimate of drug-likeness (QED) is 0.473. The highest BCUT2D eigenvalue weighted by molar-refractivity contribution is 8.11. The molecule has 0 aromatic rings. The minimum Gasteiger partial charge on any atom is -0.280 e. The molecule has 0 unspecified atom stereocenters. The molecule has 3 nitrogen and oxygen atoms in total. The molecule has 1 saturated carbocycles. The summed E-state index contributed by atoms with van der Waals surface area (Å²) in [7, 11) is 0. The molecule has 0 radical (unpaired) electrons. The van der Waals surface area contributed by atoms with E-state index in [2.05, 4.69) is 5.09 Å². The van der Waals surface area contributed by atoms with Gasteiger partial charge in [0.15, 0.2) is 0 Å². The first-order valence-corrected chi connectivity index (χ1v) is 7.47. The zero-order valence-electron chi connectivity index (χ0n) is 7.33. The fourth-order valence-electron chi connectivity index (χ4n) is 1.69. The standard InChI is InChI=1S/C7H18N3PS/c8-11(9,12)10-7-5-3-1-2-4-6-7/h7H,1-6H2,(H5,8,9,10,12). The van der Waals surface area contributed by atoms with Gasteiger partial charge in [0.1, 0.15) is 6.49 Å². The third-order valence-corrected chi connectivity index (χ3v) is 3.32. The van der Waals surface area contributed by atoms with Crippen molar-refractivity contribution in [3.05, 3.63) is 0 Å². The van der Waals surface area contributed by atoms with Crippen molar-refractivity contribution in [3.63, 3.8) is 0 Å². The van der Waals surface area contributed by atoms with Gasteiger partial charge < -0.3 is 0 Å². The first-order chi connectivity index (χ1) is 5.58. The van der Waals surface area contributed by atoms with E-state index in [9.17, 15) is 0 Å². The highest BCUT2D eigenvalue weighted by atomic mass is 32.4.